The lowest BCUT2D eigenvalue weighted by Gasteiger charge is -2.02. The Labute approximate surface area is 103 Å². The van der Waals surface area contributed by atoms with Crippen LogP contribution in [0.25, 0.3) is 5.69 Å². The summed E-state index contributed by atoms with van der Waals surface area (Å²) in [4.78, 5) is 4.39. The van der Waals surface area contributed by atoms with Gasteiger partial charge in [-0.3, -0.25) is 0 Å². The predicted molar refractivity (Wildman–Crippen MR) is 70.3 cm³/mol. The summed E-state index contributed by atoms with van der Waals surface area (Å²) in [5.74, 6) is 0. The summed E-state index contributed by atoms with van der Waals surface area (Å²) in [5, 5.41) is 3.35. The second-order valence-electron chi connectivity index (χ2n) is 4.29. The Balaban J connectivity index is 2.07. The van der Waals surface area contributed by atoms with Gasteiger partial charge in [0.2, 0.25) is 0 Å². The van der Waals surface area contributed by atoms with Crippen LogP contribution in [-0.4, -0.2) is 16.1 Å². The first-order valence-electron chi connectivity index (χ1n) is 6.10. The number of hydrogen-bond donors (Lipinski definition) is 1. The number of aromatic nitrogens is 2. The molecule has 0 atom stereocenters. The van der Waals surface area contributed by atoms with Crippen LogP contribution in [0.2, 0.25) is 0 Å². The van der Waals surface area contributed by atoms with E-state index >= 15 is 0 Å². The van der Waals surface area contributed by atoms with Crippen LogP contribution in [0.15, 0.2) is 36.8 Å². The van der Waals surface area contributed by atoms with E-state index in [0.29, 0.717) is 0 Å². The number of rotatable bonds is 5. The minimum atomic E-state index is 0.840. The van der Waals surface area contributed by atoms with E-state index in [9.17, 15) is 0 Å². The summed E-state index contributed by atoms with van der Waals surface area (Å²) >= 11 is 0. The molecule has 90 valence electrons. The van der Waals surface area contributed by atoms with Crippen molar-refractivity contribution in [2.24, 2.45) is 0 Å². The van der Waals surface area contributed by atoms with E-state index < -0.39 is 0 Å². The van der Waals surface area contributed by atoms with Crippen molar-refractivity contribution in [3.8, 4) is 5.69 Å². The SMILES string of the molecule is CCCNCc1cn(-c2cccc(C)c2)cn1. The van der Waals surface area contributed by atoms with Gasteiger partial charge < -0.3 is 9.88 Å². The zero-order chi connectivity index (χ0) is 12.1. The van der Waals surface area contributed by atoms with Gasteiger partial charge >= 0.3 is 0 Å². The van der Waals surface area contributed by atoms with Gasteiger partial charge in [-0.15, -0.1) is 0 Å². The average molecular weight is 229 g/mol. The van der Waals surface area contributed by atoms with Crippen LogP contribution < -0.4 is 5.32 Å². The summed E-state index contributed by atoms with van der Waals surface area (Å²) in [5.41, 5.74) is 3.51. The lowest BCUT2D eigenvalue weighted by atomic mass is 10.2. The molecule has 3 heteroatoms. The molecule has 0 saturated heterocycles. The van der Waals surface area contributed by atoms with Gasteiger partial charge in [0.25, 0.3) is 0 Å². The monoisotopic (exact) mass is 229 g/mol. The molecule has 0 radical (unpaired) electrons. The van der Waals surface area contributed by atoms with Crippen LogP contribution in [0.4, 0.5) is 0 Å². The Bertz CT molecular complexity index is 474. The summed E-state index contributed by atoms with van der Waals surface area (Å²) in [7, 11) is 0. The molecule has 0 saturated carbocycles. The topological polar surface area (TPSA) is 29.9 Å². The fourth-order valence-corrected chi connectivity index (χ4v) is 1.78. The van der Waals surface area contributed by atoms with Crippen molar-refractivity contribution in [1.29, 1.82) is 0 Å². The van der Waals surface area contributed by atoms with Crippen molar-refractivity contribution in [2.75, 3.05) is 6.54 Å². The Morgan fingerprint density at radius 3 is 3.00 bits per heavy atom. The molecule has 0 fully saturated rings. The molecule has 3 nitrogen and oxygen atoms in total. The quantitative estimate of drug-likeness (QED) is 0.799. The third-order valence-corrected chi connectivity index (χ3v) is 2.67. The first-order valence-corrected chi connectivity index (χ1v) is 6.10. The Hall–Kier alpha value is -1.61. The molecule has 0 bridgehead atoms. The molecule has 1 aromatic heterocycles. The van der Waals surface area contributed by atoms with Gasteiger partial charge in [-0.2, -0.15) is 0 Å². The predicted octanol–water partition coefficient (Wildman–Crippen LogP) is 2.68. The number of nitrogens with zero attached hydrogens (tertiary/aromatic N) is 2. The minimum Gasteiger partial charge on any atom is -0.311 e. The zero-order valence-corrected chi connectivity index (χ0v) is 10.5. The second kappa shape index (κ2) is 5.64. The zero-order valence-electron chi connectivity index (χ0n) is 10.5. The Kier molecular flexibility index (Phi) is 3.94. The van der Waals surface area contributed by atoms with Crippen LogP contribution in [0.5, 0.6) is 0 Å². The van der Waals surface area contributed by atoms with Crippen molar-refractivity contribution >= 4 is 0 Å². The molecule has 2 rings (SSSR count). The molecule has 1 heterocycles. The number of imidazole rings is 1. The minimum absolute atomic E-state index is 0.840. The molecule has 0 spiro atoms. The van der Waals surface area contributed by atoms with Crippen LogP contribution in [-0.2, 0) is 6.54 Å². The lowest BCUT2D eigenvalue weighted by molar-refractivity contribution is 0.666. The van der Waals surface area contributed by atoms with E-state index in [0.717, 1.165) is 25.2 Å². The highest BCUT2D eigenvalue weighted by Crippen LogP contribution is 2.10. The molecule has 0 aliphatic heterocycles. The summed E-state index contributed by atoms with van der Waals surface area (Å²) < 4.78 is 2.07. The van der Waals surface area contributed by atoms with Gasteiger partial charge in [0.1, 0.15) is 0 Å². The normalized spacial score (nSPS) is 10.7. The summed E-state index contributed by atoms with van der Waals surface area (Å²) in [6, 6.07) is 8.42. The molecular formula is C14H19N3. The maximum atomic E-state index is 4.39. The lowest BCUT2D eigenvalue weighted by Crippen LogP contribution is -2.13. The van der Waals surface area contributed by atoms with Gasteiger partial charge in [0, 0.05) is 18.4 Å². The first kappa shape index (κ1) is 11.9. The molecule has 2 aromatic rings. The molecule has 0 amide bonds. The third kappa shape index (κ3) is 3.17. The fraction of sp³-hybridized carbons (Fsp3) is 0.357. The van der Waals surface area contributed by atoms with Gasteiger partial charge in [-0.25, -0.2) is 4.98 Å². The highest BCUT2D eigenvalue weighted by atomic mass is 15.0. The molecule has 1 N–H and O–H groups in total. The van der Waals surface area contributed by atoms with Crippen LogP contribution in [0, 0.1) is 6.92 Å². The fourth-order valence-electron chi connectivity index (χ4n) is 1.78. The van der Waals surface area contributed by atoms with E-state index in [1.807, 2.05) is 6.33 Å². The standard InChI is InChI=1S/C14H19N3/c1-3-7-15-9-13-10-17(11-16-13)14-6-4-5-12(2)8-14/h4-6,8,10-11,15H,3,7,9H2,1-2H3. The highest BCUT2D eigenvalue weighted by Gasteiger charge is 2.00. The van der Waals surface area contributed by atoms with E-state index in [-0.39, 0.29) is 0 Å². The largest absolute Gasteiger partial charge is 0.311 e. The molecule has 17 heavy (non-hydrogen) atoms. The van der Waals surface area contributed by atoms with Crippen molar-refractivity contribution in [3.63, 3.8) is 0 Å². The van der Waals surface area contributed by atoms with Gasteiger partial charge in [-0.05, 0) is 37.6 Å². The Morgan fingerprint density at radius 2 is 2.24 bits per heavy atom. The van der Waals surface area contributed by atoms with Gasteiger partial charge in [0.15, 0.2) is 0 Å². The van der Waals surface area contributed by atoms with Crippen LogP contribution in [0.1, 0.15) is 24.6 Å². The van der Waals surface area contributed by atoms with E-state index in [4.69, 9.17) is 0 Å². The number of hydrogen-bond acceptors (Lipinski definition) is 2. The summed E-state index contributed by atoms with van der Waals surface area (Å²) in [6.07, 6.45) is 5.10. The average Bonchev–Trinajstić information content (AvgIpc) is 2.78. The number of nitrogens with one attached hydrogen (secondary N) is 1. The van der Waals surface area contributed by atoms with Crippen molar-refractivity contribution in [1.82, 2.24) is 14.9 Å². The number of benzene rings is 1. The van der Waals surface area contributed by atoms with Crippen molar-refractivity contribution in [3.05, 3.63) is 48.0 Å². The first-order chi connectivity index (χ1) is 8.29. The third-order valence-electron chi connectivity index (χ3n) is 2.67. The molecule has 0 aliphatic rings. The van der Waals surface area contributed by atoms with E-state index in [1.165, 1.54) is 11.3 Å². The maximum absolute atomic E-state index is 4.39. The van der Waals surface area contributed by atoms with Crippen LogP contribution in [0.3, 0.4) is 0 Å². The smallest absolute Gasteiger partial charge is 0.0995 e. The van der Waals surface area contributed by atoms with E-state index in [1.54, 1.807) is 0 Å². The Morgan fingerprint density at radius 1 is 1.35 bits per heavy atom. The van der Waals surface area contributed by atoms with Crippen molar-refractivity contribution < 1.29 is 0 Å². The number of aryl methyl sites for hydroxylation is 1. The summed E-state index contributed by atoms with van der Waals surface area (Å²) in [6.45, 7) is 6.15. The molecule has 0 aliphatic carbocycles. The van der Waals surface area contributed by atoms with Crippen molar-refractivity contribution in [2.45, 2.75) is 26.8 Å². The van der Waals surface area contributed by atoms with Crippen LogP contribution >= 0.6 is 0 Å². The van der Waals surface area contributed by atoms with E-state index in [2.05, 4.69) is 59.2 Å². The molecule has 1 aromatic carbocycles. The highest BCUT2D eigenvalue weighted by molar-refractivity contribution is 5.35. The molecular weight excluding hydrogens is 210 g/mol. The van der Waals surface area contributed by atoms with Gasteiger partial charge in [0.05, 0.1) is 12.0 Å². The maximum Gasteiger partial charge on any atom is 0.0995 e. The molecule has 0 unspecified atom stereocenters. The second-order valence-corrected chi connectivity index (χ2v) is 4.29. The van der Waals surface area contributed by atoms with Gasteiger partial charge in [-0.1, -0.05) is 19.1 Å².